The van der Waals surface area contributed by atoms with Gasteiger partial charge in [0.2, 0.25) is 5.91 Å². The van der Waals surface area contributed by atoms with Crippen molar-refractivity contribution in [2.45, 2.75) is 249 Å². The van der Waals surface area contributed by atoms with E-state index in [4.69, 9.17) is 9.47 Å². The average Bonchev–Trinajstić information content (AvgIpc) is 3.35. The number of carbonyl (C=O) groups excluding carboxylic acids is 1. The van der Waals surface area contributed by atoms with Crippen LogP contribution >= 0.6 is 0 Å². The number of aliphatic hydroxyl groups excluding tert-OH is 5. The minimum atomic E-state index is -1.58. The van der Waals surface area contributed by atoms with Crippen LogP contribution in [0.3, 0.4) is 0 Å². The summed E-state index contributed by atoms with van der Waals surface area (Å²) in [6.07, 6.45) is 64.2. The van der Waals surface area contributed by atoms with Crippen LogP contribution in [0.25, 0.3) is 0 Å². The molecule has 69 heavy (non-hydrogen) atoms. The average molecular weight is 964 g/mol. The first-order valence-corrected chi connectivity index (χ1v) is 27.6. The maximum absolute atomic E-state index is 13.0. The molecule has 394 valence electrons. The van der Waals surface area contributed by atoms with E-state index in [1.165, 1.54) is 70.6 Å². The van der Waals surface area contributed by atoms with E-state index in [-0.39, 0.29) is 12.5 Å². The number of hydrogen-bond donors (Lipinski definition) is 6. The molecule has 1 rings (SSSR count). The highest BCUT2D eigenvalue weighted by molar-refractivity contribution is 5.76. The summed E-state index contributed by atoms with van der Waals surface area (Å²) in [6.45, 7) is 3.64. The number of unbranched alkanes of at least 4 members (excludes halogenated alkanes) is 19. The molecule has 6 N–H and O–H groups in total. The van der Waals surface area contributed by atoms with E-state index >= 15 is 0 Å². The standard InChI is InChI=1S/C60H101NO8/c1-3-5-7-9-11-13-15-17-19-20-21-22-23-24-25-26-27-28-29-30-31-32-33-34-36-38-40-42-44-46-48-50-56(64)61-53(52-68-60-59(67)58(66)57(65)55(51-62)69-60)54(63)49-47-45-43-41-39-37-35-18-16-14-12-10-8-6-4-2/h5,7,11,13,17,19,21-22,24-25,27-28,30-31,33-34,47,49,53-55,57-60,62-63,65-67H,3-4,6,8-10,12,14-16,18,20,23,26,29,32,35-46,48,50-52H2,1-2H3,(H,61,64)/b7-5-,13-11-,19-17-,22-21-,25-24-,28-27-,31-30-,34-33-,49-47+. The van der Waals surface area contributed by atoms with Gasteiger partial charge in [0.25, 0.3) is 0 Å². The Hall–Kier alpha value is -3.15. The van der Waals surface area contributed by atoms with Crippen LogP contribution in [0, 0.1) is 0 Å². The fourth-order valence-corrected chi connectivity index (χ4v) is 7.99. The topological polar surface area (TPSA) is 149 Å². The number of hydrogen-bond acceptors (Lipinski definition) is 8. The van der Waals surface area contributed by atoms with Crippen molar-refractivity contribution in [1.29, 1.82) is 0 Å². The van der Waals surface area contributed by atoms with E-state index < -0.39 is 49.5 Å². The summed E-state index contributed by atoms with van der Waals surface area (Å²) >= 11 is 0. The van der Waals surface area contributed by atoms with Crippen LogP contribution in [-0.2, 0) is 14.3 Å². The van der Waals surface area contributed by atoms with E-state index in [2.05, 4.69) is 116 Å². The monoisotopic (exact) mass is 964 g/mol. The van der Waals surface area contributed by atoms with Gasteiger partial charge in [-0.1, -0.05) is 226 Å². The molecule has 7 atom stereocenters. The lowest BCUT2D eigenvalue weighted by Crippen LogP contribution is -2.60. The second-order valence-corrected chi connectivity index (χ2v) is 18.6. The Morgan fingerprint density at radius 1 is 0.507 bits per heavy atom. The number of ether oxygens (including phenoxy) is 2. The Morgan fingerprint density at radius 2 is 0.899 bits per heavy atom. The zero-order chi connectivity index (χ0) is 50.1. The third kappa shape index (κ3) is 38.2. The van der Waals surface area contributed by atoms with Crippen molar-refractivity contribution in [3.05, 3.63) is 109 Å². The fourth-order valence-electron chi connectivity index (χ4n) is 7.99. The number of carbonyl (C=O) groups is 1. The van der Waals surface area contributed by atoms with Crippen LogP contribution < -0.4 is 5.32 Å². The summed E-state index contributed by atoms with van der Waals surface area (Å²) in [5.74, 6) is -0.196. The van der Waals surface area contributed by atoms with Crippen molar-refractivity contribution in [3.63, 3.8) is 0 Å². The predicted octanol–water partition coefficient (Wildman–Crippen LogP) is 13.4. The van der Waals surface area contributed by atoms with Crippen LogP contribution in [0.4, 0.5) is 0 Å². The molecule has 1 aliphatic heterocycles. The summed E-state index contributed by atoms with van der Waals surface area (Å²) in [7, 11) is 0. The second-order valence-electron chi connectivity index (χ2n) is 18.6. The van der Waals surface area contributed by atoms with Gasteiger partial charge in [0.15, 0.2) is 6.29 Å². The lowest BCUT2D eigenvalue weighted by Gasteiger charge is -2.40. The lowest BCUT2D eigenvalue weighted by molar-refractivity contribution is -0.302. The van der Waals surface area contributed by atoms with Gasteiger partial charge in [0.05, 0.1) is 25.4 Å². The molecule has 1 aliphatic rings. The molecule has 0 saturated carbocycles. The Labute approximate surface area is 421 Å². The van der Waals surface area contributed by atoms with E-state index in [0.717, 1.165) is 116 Å². The highest BCUT2D eigenvalue weighted by Crippen LogP contribution is 2.23. The minimum absolute atomic E-state index is 0.196. The molecule has 0 bridgehead atoms. The number of rotatable bonds is 45. The molecule has 0 aromatic carbocycles. The molecular formula is C60H101NO8. The zero-order valence-electron chi connectivity index (χ0n) is 43.5. The van der Waals surface area contributed by atoms with Gasteiger partial charge in [-0.15, -0.1) is 0 Å². The molecule has 7 unspecified atom stereocenters. The van der Waals surface area contributed by atoms with E-state index in [1.807, 2.05) is 6.08 Å². The van der Waals surface area contributed by atoms with Crippen LogP contribution in [0.1, 0.15) is 206 Å². The molecule has 1 fully saturated rings. The van der Waals surface area contributed by atoms with Gasteiger partial charge in [-0.3, -0.25) is 4.79 Å². The van der Waals surface area contributed by atoms with Crippen molar-refractivity contribution < 1.29 is 39.8 Å². The van der Waals surface area contributed by atoms with Gasteiger partial charge in [0.1, 0.15) is 24.4 Å². The van der Waals surface area contributed by atoms with Gasteiger partial charge in [-0.05, 0) is 83.5 Å². The smallest absolute Gasteiger partial charge is 0.220 e. The van der Waals surface area contributed by atoms with Crippen LogP contribution in [0.5, 0.6) is 0 Å². The van der Waals surface area contributed by atoms with Crippen LogP contribution in [0.15, 0.2) is 109 Å². The molecule has 9 nitrogen and oxygen atoms in total. The van der Waals surface area contributed by atoms with E-state index in [1.54, 1.807) is 6.08 Å². The van der Waals surface area contributed by atoms with Gasteiger partial charge in [0, 0.05) is 6.42 Å². The minimum Gasteiger partial charge on any atom is -0.394 e. The lowest BCUT2D eigenvalue weighted by atomic mass is 9.99. The maximum atomic E-state index is 13.0. The SMILES string of the molecule is CC/C=C\C/C=C\C/C=C\C/C=C\C/C=C\C/C=C\C/C=C\C/C=C\CCCCCCCCC(=O)NC(COC1OC(CO)C(O)C(O)C1O)C(O)/C=C/CCCCCCCCCCCCCCC. The molecule has 0 radical (unpaired) electrons. The highest BCUT2D eigenvalue weighted by atomic mass is 16.7. The van der Waals surface area contributed by atoms with E-state index in [0.29, 0.717) is 6.42 Å². The summed E-state index contributed by atoms with van der Waals surface area (Å²) < 4.78 is 11.2. The first-order chi connectivity index (χ1) is 33.8. The molecule has 0 aromatic rings. The third-order valence-corrected chi connectivity index (χ3v) is 12.4. The van der Waals surface area contributed by atoms with Crippen molar-refractivity contribution in [1.82, 2.24) is 5.32 Å². The summed E-state index contributed by atoms with van der Waals surface area (Å²) in [5, 5.41) is 54.4. The molecule has 1 heterocycles. The molecular weight excluding hydrogens is 863 g/mol. The van der Waals surface area contributed by atoms with Crippen molar-refractivity contribution >= 4 is 5.91 Å². The Kier molecular flexibility index (Phi) is 44.9. The van der Waals surface area contributed by atoms with Gasteiger partial charge < -0.3 is 40.3 Å². The predicted molar refractivity (Wildman–Crippen MR) is 290 cm³/mol. The normalized spacial score (nSPS) is 20.4. The largest absolute Gasteiger partial charge is 0.394 e. The first kappa shape index (κ1) is 63.9. The fraction of sp³-hybridized carbons (Fsp3) is 0.683. The van der Waals surface area contributed by atoms with Crippen LogP contribution in [0.2, 0.25) is 0 Å². The number of amides is 1. The van der Waals surface area contributed by atoms with Crippen molar-refractivity contribution in [2.24, 2.45) is 0 Å². The molecule has 0 aromatic heterocycles. The van der Waals surface area contributed by atoms with E-state index in [9.17, 15) is 30.3 Å². The van der Waals surface area contributed by atoms with Gasteiger partial charge in [-0.25, -0.2) is 0 Å². The van der Waals surface area contributed by atoms with Crippen molar-refractivity contribution in [3.8, 4) is 0 Å². The molecule has 1 amide bonds. The Balaban J connectivity index is 2.26. The quantitative estimate of drug-likeness (QED) is 0.0261. The summed E-state index contributed by atoms with van der Waals surface area (Å²) in [5.41, 5.74) is 0. The number of nitrogens with one attached hydrogen (secondary N) is 1. The number of aliphatic hydroxyl groups is 5. The number of allylic oxidation sites excluding steroid dienone is 17. The molecule has 0 aliphatic carbocycles. The van der Waals surface area contributed by atoms with Crippen LogP contribution in [-0.4, -0.2) is 87.5 Å². The summed E-state index contributed by atoms with van der Waals surface area (Å²) in [6, 6.07) is -0.820. The Bertz CT molecular complexity index is 1440. The molecule has 1 saturated heterocycles. The van der Waals surface area contributed by atoms with Gasteiger partial charge >= 0.3 is 0 Å². The van der Waals surface area contributed by atoms with Crippen molar-refractivity contribution in [2.75, 3.05) is 13.2 Å². The maximum Gasteiger partial charge on any atom is 0.220 e. The Morgan fingerprint density at radius 3 is 1.33 bits per heavy atom. The second kappa shape index (κ2) is 48.5. The molecule has 0 spiro atoms. The summed E-state index contributed by atoms with van der Waals surface area (Å²) in [4.78, 5) is 13.0. The highest BCUT2D eigenvalue weighted by Gasteiger charge is 2.44. The third-order valence-electron chi connectivity index (χ3n) is 12.4. The molecule has 9 heteroatoms. The van der Waals surface area contributed by atoms with Gasteiger partial charge in [-0.2, -0.15) is 0 Å². The zero-order valence-corrected chi connectivity index (χ0v) is 43.5. The first-order valence-electron chi connectivity index (χ1n) is 27.6.